The van der Waals surface area contributed by atoms with E-state index in [1.807, 2.05) is 32.9 Å². The average molecular weight is 366 g/mol. The van der Waals surface area contributed by atoms with Crippen molar-refractivity contribution in [2.24, 2.45) is 0 Å². The van der Waals surface area contributed by atoms with Gasteiger partial charge >= 0.3 is 0 Å². The minimum Gasteiger partial charge on any atom is -0.295 e. The minimum atomic E-state index is -0.952. The van der Waals surface area contributed by atoms with Crippen molar-refractivity contribution in [1.82, 2.24) is 10.2 Å². The molecular formula is C21H22N2O4. The van der Waals surface area contributed by atoms with Crippen LogP contribution >= 0.6 is 0 Å². The van der Waals surface area contributed by atoms with Gasteiger partial charge in [-0.25, -0.2) is 0 Å². The zero-order valence-electron chi connectivity index (χ0n) is 15.7. The molecule has 4 amide bonds. The topological polar surface area (TPSA) is 83.6 Å². The zero-order chi connectivity index (χ0) is 19.7. The third kappa shape index (κ3) is 3.01. The number of hydrogen-bond donors (Lipinski definition) is 1. The molecule has 27 heavy (non-hydrogen) atoms. The Kier molecular flexibility index (Phi) is 5.08. The molecule has 140 valence electrons. The van der Waals surface area contributed by atoms with Gasteiger partial charge in [-0.1, -0.05) is 39.0 Å². The highest BCUT2D eigenvalue weighted by Gasteiger charge is 2.42. The van der Waals surface area contributed by atoms with E-state index in [0.717, 1.165) is 22.3 Å². The Morgan fingerprint density at radius 1 is 1.04 bits per heavy atom. The second-order valence-corrected chi connectivity index (χ2v) is 6.35. The number of imide groups is 2. The summed E-state index contributed by atoms with van der Waals surface area (Å²) in [6.07, 6.45) is 1.02. The van der Waals surface area contributed by atoms with E-state index in [4.69, 9.17) is 0 Å². The zero-order valence-corrected chi connectivity index (χ0v) is 15.7. The molecule has 2 aliphatic heterocycles. The lowest BCUT2D eigenvalue weighted by atomic mass is 9.90. The second-order valence-electron chi connectivity index (χ2n) is 6.35. The highest BCUT2D eigenvalue weighted by Crippen LogP contribution is 2.33. The third-order valence-corrected chi connectivity index (χ3v) is 4.87. The predicted octanol–water partition coefficient (Wildman–Crippen LogP) is 2.83. The van der Waals surface area contributed by atoms with Gasteiger partial charge in [0.05, 0.1) is 0 Å². The largest absolute Gasteiger partial charge is 0.295 e. The fraction of sp³-hybridized carbons (Fsp3) is 0.333. The summed E-state index contributed by atoms with van der Waals surface area (Å²) in [5.74, 6) is -1.94. The number of hydrogen-bond acceptors (Lipinski definition) is 4. The van der Waals surface area contributed by atoms with Crippen LogP contribution in [-0.2, 0) is 16.0 Å². The summed E-state index contributed by atoms with van der Waals surface area (Å²) in [6.45, 7) is 5.99. The van der Waals surface area contributed by atoms with Crippen LogP contribution < -0.4 is 5.32 Å². The molecule has 1 atom stereocenters. The van der Waals surface area contributed by atoms with Crippen LogP contribution in [0.2, 0.25) is 0 Å². The molecule has 1 saturated heterocycles. The first-order chi connectivity index (χ1) is 13.0. The normalized spacial score (nSPS) is 18.9. The maximum atomic E-state index is 13.0. The summed E-state index contributed by atoms with van der Waals surface area (Å²) in [5, 5.41) is 3.70. The highest BCUT2D eigenvalue weighted by molar-refractivity contribution is 6.27. The fourth-order valence-electron chi connectivity index (χ4n) is 3.60. The number of amides is 4. The molecule has 2 aromatic rings. The van der Waals surface area contributed by atoms with Gasteiger partial charge in [-0.05, 0) is 35.9 Å². The Hall–Kier alpha value is -3.02. The molecule has 0 radical (unpaired) electrons. The monoisotopic (exact) mass is 366 g/mol. The number of aryl methyl sites for hydroxylation is 1. The van der Waals surface area contributed by atoms with Crippen LogP contribution in [0.4, 0.5) is 0 Å². The van der Waals surface area contributed by atoms with Crippen LogP contribution in [0, 0.1) is 0 Å². The van der Waals surface area contributed by atoms with Crippen LogP contribution in [-0.4, -0.2) is 34.6 Å². The number of nitrogens with one attached hydrogen (secondary N) is 1. The van der Waals surface area contributed by atoms with E-state index in [-0.39, 0.29) is 18.7 Å². The van der Waals surface area contributed by atoms with E-state index in [1.54, 1.807) is 18.2 Å². The van der Waals surface area contributed by atoms with Gasteiger partial charge in [0, 0.05) is 22.9 Å². The van der Waals surface area contributed by atoms with Gasteiger partial charge in [-0.15, -0.1) is 0 Å². The number of carbonyl (C=O) groups is 4. The second kappa shape index (κ2) is 7.31. The van der Waals surface area contributed by atoms with Crippen LogP contribution in [0.5, 0.6) is 0 Å². The van der Waals surface area contributed by atoms with Crippen LogP contribution in [0.3, 0.4) is 0 Å². The van der Waals surface area contributed by atoms with Crippen LogP contribution in [0.1, 0.15) is 59.9 Å². The predicted molar refractivity (Wildman–Crippen MR) is 101 cm³/mol. The van der Waals surface area contributed by atoms with Gasteiger partial charge in [0.1, 0.15) is 6.04 Å². The Morgan fingerprint density at radius 3 is 2.41 bits per heavy atom. The molecule has 0 aliphatic carbocycles. The highest BCUT2D eigenvalue weighted by atomic mass is 16.2. The van der Waals surface area contributed by atoms with Gasteiger partial charge in [-0.3, -0.25) is 29.4 Å². The molecule has 1 N–H and O–H groups in total. The summed E-state index contributed by atoms with van der Waals surface area (Å²) in [7, 11) is 0. The molecule has 6 nitrogen and oxygen atoms in total. The number of nitrogens with zero attached hydrogens (tertiary/aromatic N) is 1. The van der Waals surface area contributed by atoms with Crippen LogP contribution in [0.15, 0.2) is 30.3 Å². The Morgan fingerprint density at radius 2 is 1.74 bits per heavy atom. The summed E-state index contributed by atoms with van der Waals surface area (Å²) in [6, 6.07) is 8.14. The SMILES string of the molecule is CC.CCc1cc2c3c(cccc3c1)C(=O)N(C1CCC(=O)NC1=O)C2=O. The van der Waals surface area contributed by atoms with Crippen molar-refractivity contribution >= 4 is 34.4 Å². The standard InChI is InChI=1S/C19H16N2O4.C2H6/c1-2-10-8-11-4-3-5-12-16(11)13(9-10)19(25)21(18(12)24)14-6-7-15(22)20-17(14)23;1-2/h3-5,8-9,14H,2,6-7H2,1H3,(H,20,22,23);1-2H3. The first kappa shape index (κ1) is 18.8. The molecule has 4 rings (SSSR count). The number of piperidine rings is 1. The van der Waals surface area contributed by atoms with Gasteiger partial charge in [0.25, 0.3) is 11.8 Å². The summed E-state index contributed by atoms with van der Waals surface area (Å²) >= 11 is 0. The van der Waals surface area contributed by atoms with E-state index >= 15 is 0 Å². The maximum absolute atomic E-state index is 13.0. The van der Waals surface area contributed by atoms with Crippen molar-refractivity contribution in [3.63, 3.8) is 0 Å². The minimum absolute atomic E-state index is 0.111. The Bertz CT molecular complexity index is 964. The molecule has 2 heterocycles. The lowest BCUT2D eigenvalue weighted by molar-refractivity contribution is -0.136. The van der Waals surface area contributed by atoms with Crippen LogP contribution in [0.25, 0.3) is 10.8 Å². The Balaban J connectivity index is 0.00000102. The smallest absolute Gasteiger partial charge is 0.262 e. The quantitative estimate of drug-likeness (QED) is 0.829. The van der Waals surface area contributed by atoms with Crippen molar-refractivity contribution in [3.8, 4) is 0 Å². The average Bonchev–Trinajstić information content (AvgIpc) is 2.68. The van der Waals surface area contributed by atoms with Crippen molar-refractivity contribution in [1.29, 1.82) is 0 Å². The van der Waals surface area contributed by atoms with Gasteiger partial charge in [0.15, 0.2) is 0 Å². The van der Waals surface area contributed by atoms with Gasteiger partial charge < -0.3 is 0 Å². The van der Waals surface area contributed by atoms with Crippen molar-refractivity contribution < 1.29 is 19.2 Å². The fourth-order valence-corrected chi connectivity index (χ4v) is 3.60. The summed E-state index contributed by atoms with van der Waals surface area (Å²) in [5.41, 5.74) is 1.85. The van der Waals surface area contributed by atoms with E-state index in [9.17, 15) is 19.2 Å². The summed E-state index contributed by atoms with van der Waals surface area (Å²) in [4.78, 5) is 50.6. The maximum Gasteiger partial charge on any atom is 0.262 e. The third-order valence-electron chi connectivity index (χ3n) is 4.87. The molecule has 6 heteroatoms. The van der Waals surface area contributed by atoms with E-state index in [0.29, 0.717) is 16.5 Å². The molecular weight excluding hydrogens is 344 g/mol. The van der Waals surface area contributed by atoms with Crippen molar-refractivity contribution in [2.75, 3.05) is 0 Å². The van der Waals surface area contributed by atoms with E-state index < -0.39 is 23.8 Å². The number of rotatable bonds is 2. The lowest BCUT2D eigenvalue weighted by Crippen LogP contribution is -2.57. The molecule has 0 spiro atoms. The van der Waals surface area contributed by atoms with Crippen molar-refractivity contribution in [3.05, 3.63) is 47.0 Å². The number of carbonyl (C=O) groups excluding carboxylic acids is 4. The van der Waals surface area contributed by atoms with E-state index in [1.165, 1.54) is 0 Å². The molecule has 0 aromatic heterocycles. The Labute approximate surface area is 157 Å². The molecule has 1 fully saturated rings. The molecule has 2 aromatic carbocycles. The summed E-state index contributed by atoms with van der Waals surface area (Å²) < 4.78 is 0. The molecule has 0 bridgehead atoms. The van der Waals surface area contributed by atoms with Gasteiger partial charge in [0.2, 0.25) is 11.8 Å². The first-order valence-corrected chi connectivity index (χ1v) is 9.28. The molecule has 0 saturated carbocycles. The van der Waals surface area contributed by atoms with Crippen molar-refractivity contribution in [2.45, 2.75) is 46.1 Å². The van der Waals surface area contributed by atoms with Gasteiger partial charge in [-0.2, -0.15) is 0 Å². The number of benzene rings is 2. The lowest BCUT2D eigenvalue weighted by Gasteiger charge is -2.34. The molecule has 2 aliphatic rings. The van der Waals surface area contributed by atoms with E-state index in [2.05, 4.69) is 5.32 Å². The molecule has 1 unspecified atom stereocenters. The first-order valence-electron chi connectivity index (χ1n) is 9.28.